The Labute approximate surface area is 84.5 Å². The lowest BCUT2D eigenvalue weighted by Crippen LogP contribution is -2.18. The van der Waals surface area contributed by atoms with Crippen LogP contribution < -0.4 is 5.73 Å². The maximum Gasteiger partial charge on any atom is 0.243 e. The standard InChI is InChI=1S/C9H19NO4/c1-12-6-7-13-4-2-3-5-14-8-9(10)11/h2-8H2,1H3,(H2,10,11). The first-order valence-electron chi connectivity index (χ1n) is 4.70. The number of rotatable bonds is 10. The smallest absolute Gasteiger partial charge is 0.243 e. The van der Waals surface area contributed by atoms with Gasteiger partial charge in [-0.2, -0.15) is 0 Å². The molecular weight excluding hydrogens is 186 g/mol. The van der Waals surface area contributed by atoms with Crippen LogP contribution in [-0.2, 0) is 19.0 Å². The Kier molecular flexibility index (Phi) is 9.95. The second-order valence-electron chi connectivity index (χ2n) is 2.83. The highest BCUT2D eigenvalue weighted by Gasteiger charge is 1.94. The molecule has 0 rings (SSSR count). The molecule has 0 aliphatic rings. The molecule has 0 heterocycles. The second-order valence-corrected chi connectivity index (χ2v) is 2.83. The molecule has 0 aromatic carbocycles. The van der Waals surface area contributed by atoms with Gasteiger partial charge in [0.2, 0.25) is 5.91 Å². The van der Waals surface area contributed by atoms with Crippen LogP contribution in [-0.4, -0.2) is 46.1 Å². The van der Waals surface area contributed by atoms with Crippen molar-refractivity contribution < 1.29 is 19.0 Å². The summed E-state index contributed by atoms with van der Waals surface area (Å²) in [6.45, 7) is 2.50. The van der Waals surface area contributed by atoms with Crippen LogP contribution >= 0.6 is 0 Å². The van der Waals surface area contributed by atoms with Gasteiger partial charge in [0, 0.05) is 20.3 Å². The Morgan fingerprint density at radius 1 is 1.07 bits per heavy atom. The van der Waals surface area contributed by atoms with Gasteiger partial charge in [0.05, 0.1) is 13.2 Å². The first-order chi connectivity index (χ1) is 6.77. The third-order valence-electron chi connectivity index (χ3n) is 1.50. The molecule has 1 amide bonds. The van der Waals surface area contributed by atoms with Crippen LogP contribution in [0, 0.1) is 0 Å². The van der Waals surface area contributed by atoms with Gasteiger partial charge in [-0.3, -0.25) is 4.79 Å². The number of hydrogen-bond acceptors (Lipinski definition) is 4. The van der Waals surface area contributed by atoms with Crippen molar-refractivity contribution in [1.82, 2.24) is 0 Å². The molecule has 0 aliphatic carbocycles. The lowest BCUT2D eigenvalue weighted by Gasteiger charge is -2.03. The minimum atomic E-state index is -0.429. The molecule has 84 valence electrons. The fourth-order valence-electron chi connectivity index (χ4n) is 0.825. The first kappa shape index (κ1) is 13.4. The normalized spacial score (nSPS) is 10.4. The number of carbonyl (C=O) groups excluding carboxylic acids is 1. The average molecular weight is 205 g/mol. The summed E-state index contributed by atoms with van der Waals surface area (Å²) < 4.78 is 15.0. The molecule has 5 nitrogen and oxygen atoms in total. The SMILES string of the molecule is COCCOCCCCOCC(N)=O. The zero-order chi connectivity index (χ0) is 10.6. The quantitative estimate of drug-likeness (QED) is 0.507. The van der Waals surface area contributed by atoms with Gasteiger partial charge in [0.25, 0.3) is 0 Å². The lowest BCUT2D eigenvalue weighted by atomic mass is 10.3. The van der Waals surface area contributed by atoms with E-state index in [1.807, 2.05) is 0 Å². The van der Waals surface area contributed by atoms with Gasteiger partial charge in [-0.05, 0) is 12.8 Å². The van der Waals surface area contributed by atoms with Crippen molar-refractivity contribution in [2.24, 2.45) is 5.73 Å². The molecule has 0 unspecified atom stereocenters. The van der Waals surface area contributed by atoms with E-state index in [9.17, 15) is 4.79 Å². The summed E-state index contributed by atoms with van der Waals surface area (Å²) in [6.07, 6.45) is 1.79. The monoisotopic (exact) mass is 205 g/mol. The molecule has 0 bridgehead atoms. The Balaban J connectivity index is 2.88. The average Bonchev–Trinajstić information content (AvgIpc) is 2.15. The van der Waals surface area contributed by atoms with Crippen LogP contribution in [0.3, 0.4) is 0 Å². The molecule has 0 saturated carbocycles. The molecule has 0 aliphatic heterocycles. The van der Waals surface area contributed by atoms with E-state index in [0.717, 1.165) is 12.8 Å². The predicted octanol–water partition coefficient (Wildman–Crippen LogP) is -0.0685. The number of ether oxygens (including phenoxy) is 3. The Bertz CT molecular complexity index is 141. The molecule has 14 heavy (non-hydrogen) atoms. The number of nitrogens with two attached hydrogens (primary N) is 1. The zero-order valence-electron chi connectivity index (χ0n) is 8.66. The highest BCUT2D eigenvalue weighted by molar-refractivity contribution is 5.74. The molecule has 0 atom stereocenters. The Morgan fingerprint density at radius 2 is 1.71 bits per heavy atom. The van der Waals surface area contributed by atoms with Crippen LogP contribution in [0.2, 0.25) is 0 Å². The van der Waals surface area contributed by atoms with Gasteiger partial charge in [-0.25, -0.2) is 0 Å². The van der Waals surface area contributed by atoms with Crippen molar-refractivity contribution in [3.8, 4) is 0 Å². The topological polar surface area (TPSA) is 70.8 Å². The van der Waals surface area contributed by atoms with E-state index < -0.39 is 5.91 Å². The predicted molar refractivity (Wildman–Crippen MR) is 51.9 cm³/mol. The number of methoxy groups -OCH3 is 1. The van der Waals surface area contributed by atoms with Gasteiger partial charge in [0.1, 0.15) is 6.61 Å². The Morgan fingerprint density at radius 3 is 2.29 bits per heavy atom. The van der Waals surface area contributed by atoms with Gasteiger partial charge in [-0.15, -0.1) is 0 Å². The van der Waals surface area contributed by atoms with Crippen LogP contribution in [0.1, 0.15) is 12.8 Å². The summed E-state index contributed by atoms with van der Waals surface area (Å²) in [5, 5.41) is 0. The minimum Gasteiger partial charge on any atom is -0.382 e. The summed E-state index contributed by atoms with van der Waals surface area (Å²) in [6, 6.07) is 0. The van der Waals surface area contributed by atoms with Crippen molar-refractivity contribution in [2.75, 3.05) is 40.1 Å². The largest absolute Gasteiger partial charge is 0.382 e. The molecule has 0 fully saturated rings. The van der Waals surface area contributed by atoms with Crippen molar-refractivity contribution >= 4 is 5.91 Å². The highest BCUT2D eigenvalue weighted by Crippen LogP contribution is 1.91. The summed E-state index contributed by atoms with van der Waals surface area (Å²) in [5.41, 5.74) is 4.89. The number of hydrogen-bond donors (Lipinski definition) is 1. The van der Waals surface area contributed by atoms with Crippen LogP contribution in [0.4, 0.5) is 0 Å². The molecule has 0 aromatic heterocycles. The molecule has 0 radical (unpaired) electrons. The van der Waals surface area contributed by atoms with Gasteiger partial charge in [-0.1, -0.05) is 0 Å². The van der Waals surface area contributed by atoms with Gasteiger partial charge >= 0.3 is 0 Å². The van der Waals surface area contributed by atoms with E-state index in [2.05, 4.69) is 0 Å². The number of amides is 1. The molecule has 0 aromatic rings. The fraction of sp³-hybridized carbons (Fsp3) is 0.889. The van der Waals surface area contributed by atoms with E-state index in [1.54, 1.807) is 7.11 Å². The van der Waals surface area contributed by atoms with E-state index in [1.165, 1.54) is 0 Å². The first-order valence-corrected chi connectivity index (χ1v) is 4.70. The number of carbonyl (C=O) groups is 1. The maximum absolute atomic E-state index is 10.3. The van der Waals surface area contributed by atoms with E-state index in [-0.39, 0.29) is 6.61 Å². The number of unbranched alkanes of at least 4 members (excludes halogenated alkanes) is 1. The van der Waals surface area contributed by atoms with Crippen molar-refractivity contribution in [3.63, 3.8) is 0 Å². The molecule has 5 heteroatoms. The highest BCUT2D eigenvalue weighted by atomic mass is 16.5. The molecule has 0 spiro atoms. The summed E-state index contributed by atoms with van der Waals surface area (Å²) in [5.74, 6) is -0.429. The fourth-order valence-corrected chi connectivity index (χ4v) is 0.825. The van der Waals surface area contributed by atoms with E-state index in [0.29, 0.717) is 26.4 Å². The maximum atomic E-state index is 10.3. The van der Waals surface area contributed by atoms with Crippen molar-refractivity contribution in [2.45, 2.75) is 12.8 Å². The summed E-state index contributed by atoms with van der Waals surface area (Å²) in [4.78, 5) is 10.3. The van der Waals surface area contributed by atoms with Crippen LogP contribution in [0.15, 0.2) is 0 Å². The van der Waals surface area contributed by atoms with Gasteiger partial charge in [0.15, 0.2) is 0 Å². The summed E-state index contributed by atoms with van der Waals surface area (Å²) >= 11 is 0. The van der Waals surface area contributed by atoms with E-state index >= 15 is 0 Å². The molecule has 0 saturated heterocycles. The van der Waals surface area contributed by atoms with E-state index in [4.69, 9.17) is 19.9 Å². The summed E-state index contributed by atoms with van der Waals surface area (Å²) in [7, 11) is 1.64. The van der Waals surface area contributed by atoms with Crippen molar-refractivity contribution in [3.05, 3.63) is 0 Å². The minimum absolute atomic E-state index is 0.00450. The second kappa shape index (κ2) is 10.4. The number of primary amides is 1. The lowest BCUT2D eigenvalue weighted by molar-refractivity contribution is -0.122. The Hall–Kier alpha value is -0.650. The van der Waals surface area contributed by atoms with Gasteiger partial charge < -0.3 is 19.9 Å². The van der Waals surface area contributed by atoms with Crippen molar-refractivity contribution in [1.29, 1.82) is 0 Å². The van der Waals surface area contributed by atoms with Crippen LogP contribution in [0.5, 0.6) is 0 Å². The molecule has 2 N–H and O–H groups in total. The zero-order valence-corrected chi connectivity index (χ0v) is 8.66. The third kappa shape index (κ3) is 11.4. The molecular formula is C9H19NO4. The van der Waals surface area contributed by atoms with Crippen LogP contribution in [0.25, 0.3) is 0 Å². The third-order valence-corrected chi connectivity index (χ3v) is 1.50.